The SMILES string of the molecule is CC(C)(C)C(=O)[C@H]1O[C@@H]1c1ccco1. The van der Waals surface area contributed by atoms with Crippen molar-refractivity contribution in [3.63, 3.8) is 0 Å². The van der Waals surface area contributed by atoms with E-state index in [1.807, 2.05) is 26.8 Å². The average Bonchev–Trinajstić information content (AvgIpc) is 2.69. The molecule has 0 unspecified atom stereocenters. The van der Waals surface area contributed by atoms with Crippen LogP contribution in [-0.4, -0.2) is 11.9 Å². The summed E-state index contributed by atoms with van der Waals surface area (Å²) in [5.74, 6) is 0.881. The number of carbonyl (C=O) groups is 1. The Morgan fingerprint density at radius 3 is 2.64 bits per heavy atom. The minimum atomic E-state index is -0.341. The van der Waals surface area contributed by atoms with Crippen molar-refractivity contribution in [2.45, 2.75) is 33.0 Å². The predicted molar refractivity (Wildman–Crippen MR) is 50.8 cm³/mol. The Kier molecular flexibility index (Phi) is 2.00. The fraction of sp³-hybridized carbons (Fsp3) is 0.545. The van der Waals surface area contributed by atoms with Gasteiger partial charge in [0.1, 0.15) is 11.9 Å². The lowest BCUT2D eigenvalue weighted by Crippen LogP contribution is -2.25. The molecule has 0 spiro atoms. The van der Waals surface area contributed by atoms with Crippen molar-refractivity contribution in [3.05, 3.63) is 24.2 Å². The molecule has 1 aromatic rings. The van der Waals surface area contributed by atoms with Crippen molar-refractivity contribution < 1.29 is 13.9 Å². The Morgan fingerprint density at radius 1 is 1.43 bits per heavy atom. The van der Waals surface area contributed by atoms with Crippen LogP contribution in [-0.2, 0) is 9.53 Å². The Bertz CT molecular complexity index is 332. The Balaban J connectivity index is 2.04. The number of ketones is 1. The van der Waals surface area contributed by atoms with Gasteiger partial charge in [0.2, 0.25) is 0 Å². The molecule has 1 aliphatic heterocycles. The molecule has 14 heavy (non-hydrogen) atoms. The number of rotatable bonds is 2. The molecule has 2 rings (SSSR count). The zero-order valence-corrected chi connectivity index (χ0v) is 8.61. The maximum absolute atomic E-state index is 11.8. The minimum absolute atomic E-state index is 0.138. The summed E-state index contributed by atoms with van der Waals surface area (Å²) in [5.41, 5.74) is -0.341. The first-order chi connectivity index (χ1) is 6.50. The smallest absolute Gasteiger partial charge is 0.170 e. The molecule has 2 heterocycles. The lowest BCUT2D eigenvalue weighted by atomic mass is 9.88. The summed E-state index contributed by atoms with van der Waals surface area (Å²) in [4.78, 5) is 11.8. The van der Waals surface area contributed by atoms with Gasteiger partial charge in [-0.1, -0.05) is 20.8 Å². The van der Waals surface area contributed by atoms with Gasteiger partial charge >= 0.3 is 0 Å². The highest BCUT2D eigenvalue weighted by Crippen LogP contribution is 2.42. The van der Waals surface area contributed by atoms with E-state index in [1.165, 1.54) is 0 Å². The van der Waals surface area contributed by atoms with Gasteiger partial charge < -0.3 is 9.15 Å². The van der Waals surface area contributed by atoms with Gasteiger partial charge in [0.05, 0.1) is 6.26 Å². The summed E-state index contributed by atoms with van der Waals surface area (Å²) in [7, 11) is 0. The van der Waals surface area contributed by atoms with Crippen LogP contribution in [0.3, 0.4) is 0 Å². The van der Waals surface area contributed by atoms with Crippen LogP contribution in [0.25, 0.3) is 0 Å². The fourth-order valence-corrected chi connectivity index (χ4v) is 1.41. The van der Waals surface area contributed by atoms with E-state index in [1.54, 1.807) is 12.3 Å². The molecular weight excluding hydrogens is 180 g/mol. The largest absolute Gasteiger partial charge is 0.466 e. The predicted octanol–water partition coefficient (Wildman–Crippen LogP) is 2.33. The van der Waals surface area contributed by atoms with Crippen LogP contribution < -0.4 is 0 Å². The molecule has 3 nitrogen and oxygen atoms in total. The number of hydrogen-bond acceptors (Lipinski definition) is 3. The molecule has 0 radical (unpaired) electrons. The second kappa shape index (κ2) is 2.95. The number of furan rings is 1. The summed E-state index contributed by atoms with van der Waals surface area (Å²) < 4.78 is 10.5. The van der Waals surface area contributed by atoms with Crippen LogP contribution in [0.5, 0.6) is 0 Å². The molecular formula is C11H14O3. The molecule has 2 atom stereocenters. The molecule has 1 aromatic heterocycles. The van der Waals surface area contributed by atoms with Crippen LogP contribution in [0.1, 0.15) is 32.6 Å². The van der Waals surface area contributed by atoms with Gasteiger partial charge in [-0.25, -0.2) is 0 Å². The van der Waals surface area contributed by atoms with Gasteiger partial charge in [0, 0.05) is 5.41 Å². The number of ether oxygens (including phenoxy) is 1. The second-order valence-electron chi connectivity index (χ2n) is 4.61. The van der Waals surface area contributed by atoms with Crippen LogP contribution in [0, 0.1) is 5.41 Å². The lowest BCUT2D eigenvalue weighted by Gasteiger charge is -2.14. The van der Waals surface area contributed by atoms with Crippen LogP contribution in [0.2, 0.25) is 0 Å². The van der Waals surface area contributed by atoms with E-state index in [2.05, 4.69) is 0 Å². The van der Waals surface area contributed by atoms with E-state index in [0.29, 0.717) is 0 Å². The van der Waals surface area contributed by atoms with Gasteiger partial charge in [-0.15, -0.1) is 0 Å². The van der Waals surface area contributed by atoms with Crippen molar-refractivity contribution in [2.24, 2.45) is 5.41 Å². The zero-order chi connectivity index (χ0) is 10.3. The maximum Gasteiger partial charge on any atom is 0.170 e. The molecule has 1 saturated heterocycles. The summed E-state index contributed by atoms with van der Waals surface area (Å²) in [5, 5.41) is 0. The molecule has 1 fully saturated rings. The van der Waals surface area contributed by atoms with Crippen molar-refractivity contribution in [2.75, 3.05) is 0 Å². The fourth-order valence-electron chi connectivity index (χ4n) is 1.41. The van der Waals surface area contributed by atoms with Gasteiger partial charge in [0.15, 0.2) is 11.9 Å². The van der Waals surface area contributed by atoms with Crippen molar-refractivity contribution in [1.82, 2.24) is 0 Å². The molecule has 0 aromatic carbocycles. The molecule has 0 bridgehead atoms. The second-order valence-corrected chi connectivity index (χ2v) is 4.61. The van der Waals surface area contributed by atoms with E-state index >= 15 is 0 Å². The third kappa shape index (κ3) is 1.60. The topological polar surface area (TPSA) is 42.7 Å². The maximum atomic E-state index is 11.8. The monoisotopic (exact) mass is 194 g/mol. The van der Waals surface area contributed by atoms with Crippen molar-refractivity contribution >= 4 is 5.78 Å². The van der Waals surface area contributed by atoms with E-state index in [0.717, 1.165) is 5.76 Å². The normalized spacial score (nSPS) is 26.2. The Morgan fingerprint density at radius 2 is 2.14 bits per heavy atom. The molecule has 0 aliphatic carbocycles. The summed E-state index contributed by atoms with van der Waals surface area (Å²) in [6.45, 7) is 5.70. The molecule has 1 aliphatic rings. The standard InChI is InChI=1S/C11H14O3/c1-11(2,3)10(12)9-8(14-9)7-5-4-6-13-7/h4-6,8-9H,1-3H3/t8-,9+/m1/s1. The minimum Gasteiger partial charge on any atom is -0.466 e. The van der Waals surface area contributed by atoms with Crippen molar-refractivity contribution in [1.29, 1.82) is 0 Å². The molecule has 0 saturated carbocycles. The van der Waals surface area contributed by atoms with Gasteiger partial charge in [-0.2, -0.15) is 0 Å². The first-order valence-corrected chi connectivity index (χ1v) is 4.73. The molecule has 0 N–H and O–H groups in total. The molecule has 0 amide bonds. The third-order valence-electron chi connectivity index (χ3n) is 2.31. The summed E-state index contributed by atoms with van der Waals surface area (Å²) in [6, 6.07) is 3.64. The van der Waals surface area contributed by atoms with Gasteiger partial charge in [-0.05, 0) is 12.1 Å². The number of Topliss-reactive ketones (excluding diaryl/α,β-unsaturated/α-hetero) is 1. The third-order valence-corrected chi connectivity index (χ3v) is 2.31. The number of epoxide rings is 1. The number of carbonyl (C=O) groups excluding carboxylic acids is 1. The highest BCUT2D eigenvalue weighted by Gasteiger charge is 2.50. The Labute approximate surface area is 83.0 Å². The van der Waals surface area contributed by atoms with E-state index in [9.17, 15) is 4.79 Å². The van der Waals surface area contributed by atoms with E-state index < -0.39 is 0 Å². The molecule has 76 valence electrons. The van der Waals surface area contributed by atoms with Crippen LogP contribution in [0.15, 0.2) is 22.8 Å². The highest BCUT2D eigenvalue weighted by atomic mass is 16.6. The van der Waals surface area contributed by atoms with Crippen LogP contribution in [0.4, 0.5) is 0 Å². The average molecular weight is 194 g/mol. The van der Waals surface area contributed by atoms with Crippen LogP contribution >= 0.6 is 0 Å². The van der Waals surface area contributed by atoms with Crippen molar-refractivity contribution in [3.8, 4) is 0 Å². The van der Waals surface area contributed by atoms with Gasteiger partial charge in [0.25, 0.3) is 0 Å². The van der Waals surface area contributed by atoms with E-state index in [4.69, 9.17) is 9.15 Å². The van der Waals surface area contributed by atoms with E-state index in [-0.39, 0.29) is 23.4 Å². The number of hydrogen-bond donors (Lipinski definition) is 0. The zero-order valence-electron chi connectivity index (χ0n) is 8.61. The summed E-state index contributed by atoms with van der Waals surface area (Å²) >= 11 is 0. The lowest BCUT2D eigenvalue weighted by molar-refractivity contribution is -0.127. The highest BCUT2D eigenvalue weighted by molar-refractivity contribution is 5.90. The quantitative estimate of drug-likeness (QED) is 0.678. The first-order valence-electron chi connectivity index (χ1n) is 4.73. The Hall–Kier alpha value is -1.09. The first kappa shape index (κ1) is 9.46. The van der Waals surface area contributed by atoms with Gasteiger partial charge in [-0.3, -0.25) is 4.79 Å². The summed E-state index contributed by atoms with van der Waals surface area (Å²) in [6.07, 6.45) is 1.13. The molecule has 3 heteroatoms.